The van der Waals surface area contributed by atoms with Gasteiger partial charge in [-0.1, -0.05) is 30.3 Å². The van der Waals surface area contributed by atoms with E-state index in [-0.39, 0.29) is 29.9 Å². The summed E-state index contributed by atoms with van der Waals surface area (Å²) in [4.78, 5) is 29.8. The molecule has 2 heterocycles. The number of carbonyl (C=O) groups excluding carboxylic acids is 1. The lowest BCUT2D eigenvalue weighted by Gasteiger charge is -2.34. The number of carbonyl (C=O) groups is 1. The van der Waals surface area contributed by atoms with E-state index in [2.05, 4.69) is 54.8 Å². The van der Waals surface area contributed by atoms with E-state index in [9.17, 15) is 4.79 Å². The van der Waals surface area contributed by atoms with Crippen LogP contribution in [0.1, 0.15) is 25.3 Å². The van der Waals surface area contributed by atoms with Crippen molar-refractivity contribution in [2.45, 2.75) is 26.2 Å². The summed E-state index contributed by atoms with van der Waals surface area (Å²) in [6.45, 7) is 7.08. The van der Waals surface area contributed by atoms with Crippen LogP contribution in [0.15, 0.2) is 53.8 Å². The van der Waals surface area contributed by atoms with E-state index in [4.69, 9.17) is 0 Å². The summed E-state index contributed by atoms with van der Waals surface area (Å²) in [6.07, 6.45) is 5.96. The van der Waals surface area contributed by atoms with Crippen molar-refractivity contribution in [1.82, 2.24) is 25.5 Å². The zero-order valence-electron chi connectivity index (χ0n) is 18.7. The summed E-state index contributed by atoms with van der Waals surface area (Å²) in [7, 11) is 0. The van der Waals surface area contributed by atoms with E-state index in [1.54, 1.807) is 12.4 Å². The van der Waals surface area contributed by atoms with E-state index in [0.717, 1.165) is 50.9 Å². The molecular formula is C23H34IN7O. The number of piperazine rings is 1. The van der Waals surface area contributed by atoms with Crippen molar-refractivity contribution in [2.75, 3.05) is 50.7 Å². The summed E-state index contributed by atoms with van der Waals surface area (Å²) >= 11 is 0. The first-order valence-electron chi connectivity index (χ1n) is 11.1. The van der Waals surface area contributed by atoms with Crippen molar-refractivity contribution in [1.29, 1.82) is 0 Å². The summed E-state index contributed by atoms with van der Waals surface area (Å²) in [5, 5.41) is 6.54. The maximum Gasteiger partial charge on any atom is 0.225 e. The van der Waals surface area contributed by atoms with Gasteiger partial charge in [-0.15, -0.1) is 24.0 Å². The van der Waals surface area contributed by atoms with E-state index < -0.39 is 0 Å². The van der Waals surface area contributed by atoms with Gasteiger partial charge in [0.05, 0.1) is 0 Å². The molecule has 2 aromatic rings. The Hall–Kier alpha value is -2.43. The minimum absolute atomic E-state index is 0. The van der Waals surface area contributed by atoms with Crippen molar-refractivity contribution in [3.8, 4) is 0 Å². The minimum atomic E-state index is 0. The Morgan fingerprint density at radius 2 is 1.75 bits per heavy atom. The summed E-state index contributed by atoms with van der Waals surface area (Å²) in [5.74, 6) is 1.67. The van der Waals surface area contributed by atoms with Gasteiger partial charge in [0, 0.05) is 64.6 Å². The molecule has 8 nitrogen and oxygen atoms in total. The largest absolute Gasteiger partial charge is 0.357 e. The molecule has 1 aromatic heterocycles. The zero-order valence-corrected chi connectivity index (χ0v) is 21.1. The van der Waals surface area contributed by atoms with Gasteiger partial charge in [0.25, 0.3) is 0 Å². The molecule has 2 N–H and O–H groups in total. The third kappa shape index (κ3) is 8.60. The molecule has 1 amide bonds. The molecule has 0 spiro atoms. The molecule has 9 heteroatoms. The Bertz CT molecular complexity index is 812. The fourth-order valence-electron chi connectivity index (χ4n) is 3.52. The topological polar surface area (TPSA) is 85.8 Å². The fraction of sp³-hybridized carbons (Fsp3) is 0.478. The molecule has 0 radical (unpaired) electrons. The van der Waals surface area contributed by atoms with E-state index in [1.165, 1.54) is 5.56 Å². The minimum Gasteiger partial charge on any atom is -0.357 e. The van der Waals surface area contributed by atoms with Crippen LogP contribution in [0.25, 0.3) is 0 Å². The molecule has 1 aromatic carbocycles. The maximum atomic E-state index is 12.6. The molecule has 1 fully saturated rings. The molecule has 174 valence electrons. The average molecular weight is 551 g/mol. The van der Waals surface area contributed by atoms with Gasteiger partial charge < -0.3 is 20.4 Å². The van der Waals surface area contributed by atoms with Gasteiger partial charge in [-0.3, -0.25) is 9.79 Å². The van der Waals surface area contributed by atoms with Gasteiger partial charge in [-0.2, -0.15) is 0 Å². The van der Waals surface area contributed by atoms with E-state index in [1.807, 2.05) is 24.0 Å². The molecule has 1 aliphatic rings. The lowest BCUT2D eigenvalue weighted by molar-refractivity contribution is -0.131. The standard InChI is InChI=1S/C23H33N7O.HI/c1-2-24-22(25-12-6-10-20-8-4-3-5-9-20)26-15-11-21(31)29-16-18-30(19-17-29)23-27-13-7-14-28-23;/h3-5,7-9,13-14H,2,6,10-12,15-19H2,1H3,(H2,24,25,26);1H. The second kappa shape index (κ2) is 14.6. The van der Waals surface area contributed by atoms with Crippen LogP contribution >= 0.6 is 24.0 Å². The Labute approximate surface area is 207 Å². The Morgan fingerprint density at radius 3 is 2.44 bits per heavy atom. The van der Waals surface area contributed by atoms with Crippen LogP contribution in [0.5, 0.6) is 0 Å². The molecule has 1 saturated heterocycles. The first-order valence-corrected chi connectivity index (χ1v) is 11.1. The number of aromatic nitrogens is 2. The Balaban J connectivity index is 0.00000363. The predicted octanol–water partition coefficient (Wildman–Crippen LogP) is 2.32. The number of benzene rings is 1. The van der Waals surface area contributed by atoms with E-state index in [0.29, 0.717) is 26.1 Å². The molecule has 0 saturated carbocycles. The van der Waals surface area contributed by atoms with Crippen molar-refractivity contribution in [2.24, 2.45) is 4.99 Å². The number of guanidine groups is 1. The highest BCUT2D eigenvalue weighted by atomic mass is 127. The number of amides is 1. The van der Waals surface area contributed by atoms with Gasteiger partial charge in [0.1, 0.15) is 0 Å². The van der Waals surface area contributed by atoms with Crippen LogP contribution in [0.3, 0.4) is 0 Å². The van der Waals surface area contributed by atoms with Crippen molar-refractivity contribution in [3.05, 3.63) is 54.4 Å². The second-order valence-corrected chi connectivity index (χ2v) is 7.44. The SMILES string of the molecule is CCNC(=NCCCc1ccccc1)NCCC(=O)N1CCN(c2ncccn2)CC1.I. The molecular weight excluding hydrogens is 517 g/mol. The summed E-state index contributed by atoms with van der Waals surface area (Å²) in [6, 6.07) is 12.3. The first kappa shape index (κ1) is 25.8. The smallest absolute Gasteiger partial charge is 0.225 e. The van der Waals surface area contributed by atoms with Crippen LogP contribution in [-0.2, 0) is 11.2 Å². The van der Waals surface area contributed by atoms with Gasteiger partial charge in [0.15, 0.2) is 5.96 Å². The van der Waals surface area contributed by atoms with Gasteiger partial charge in [0.2, 0.25) is 11.9 Å². The lowest BCUT2D eigenvalue weighted by atomic mass is 10.1. The summed E-state index contributed by atoms with van der Waals surface area (Å²) < 4.78 is 0. The third-order valence-corrected chi connectivity index (χ3v) is 5.18. The van der Waals surface area contributed by atoms with E-state index >= 15 is 0 Å². The lowest BCUT2D eigenvalue weighted by Crippen LogP contribution is -2.50. The molecule has 0 atom stereocenters. The Kier molecular flexibility index (Phi) is 11.8. The Morgan fingerprint density at radius 1 is 1.03 bits per heavy atom. The van der Waals surface area contributed by atoms with Crippen molar-refractivity contribution in [3.63, 3.8) is 0 Å². The number of aliphatic imine (C=N–C) groups is 1. The molecule has 32 heavy (non-hydrogen) atoms. The predicted molar refractivity (Wildman–Crippen MR) is 140 cm³/mol. The average Bonchev–Trinajstić information content (AvgIpc) is 2.83. The van der Waals surface area contributed by atoms with Crippen molar-refractivity contribution < 1.29 is 4.79 Å². The van der Waals surface area contributed by atoms with Crippen LogP contribution < -0.4 is 15.5 Å². The number of rotatable bonds is 9. The molecule has 0 unspecified atom stereocenters. The monoisotopic (exact) mass is 551 g/mol. The highest BCUT2D eigenvalue weighted by Gasteiger charge is 2.22. The van der Waals surface area contributed by atoms with Crippen LogP contribution in [0.2, 0.25) is 0 Å². The number of nitrogens with zero attached hydrogens (tertiary/aromatic N) is 5. The molecule has 3 rings (SSSR count). The van der Waals surface area contributed by atoms with Crippen LogP contribution in [-0.4, -0.2) is 72.5 Å². The van der Waals surface area contributed by atoms with Gasteiger partial charge >= 0.3 is 0 Å². The second-order valence-electron chi connectivity index (χ2n) is 7.44. The molecule has 1 aliphatic heterocycles. The van der Waals surface area contributed by atoms with Crippen LogP contribution in [0.4, 0.5) is 5.95 Å². The zero-order chi connectivity index (χ0) is 21.7. The van der Waals surface area contributed by atoms with Crippen molar-refractivity contribution >= 4 is 41.8 Å². The van der Waals surface area contributed by atoms with Gasteiger partial charge in [-0.05, 0) is 31.4 Å². The highest BCUT2D eigenvalue weighted by Crippen LogP contribution is 2.10. The number of hydrogen-bond acceptors (Lipinski definition) is 5. The number of anilines is 1. The van der Waals surface area contributed by atoms with Gasteiger partial charge in [-0.25, -0.2) is 9.97 Å². The number of aryl methyl sites for hydroxylation is 1. The normalized spacial score (nSPS) is 14.0. The first-order chi connectivity index (χ1) is 15.3. The quantitative estimate of drug-likeness (QED) is 0.216. The third-order valence-electron chi connectivity index (χ3n) is 5.18. The molecule has 0 bridgehead atoms. The van der Waals surface area contributed by atoms with Crippen LogP contribution in [0, 0.1) is 0 Å². The number of hydrogen-bond donors (Lipinski definition) is 2. The number of halogens is 1. The highest BCUT2D eigenvalue weighted by molar-refractivity contribution is 14.0. The fourth-order valence-corrected chi connectivity index (χ4v) is 3.52. The maximum absolute atomic E-state index is 12.6. The summed E-state index contributed by atoms with van der Waals surface area (Å²) in [5.41, 5.74) is 1.33. The molecule has 0 aliphatic carbocycles. The number of nitrogens with one attached hydrogen (secondary N) is 2.